The molecule has 1 aromatic rings. The van der Waals surface area contributed by atoms with Crippen molar-refractivity contribution in [2.45, 2.75) is 6.92 Å². The van der Waals surface area contributed by atoms with E-state index in [-0.39, 0.29) is 5.91 Å². The van der Waals surface area contributed by atoms with E-state index in [2.05, 4.69) is 20.1 Å². The summed E-state index contributed by atoms with van der Waals surface area (Å²) in [7, 11) is 0. The smallest absolute Gasteiger partial charge is 0.238 e. The summed E-state index contributed by atoms with van der Waals surface area (Å²) in [4.78, 5) is 20.5. The second kappa shape index (κ2) is 8.71. The number of anilines is 1. The number of carbonyl (C=O) groups excluding carboxylic acids is 1. The first-order chi connectivity index (χ1) is 10.3. The van der Waals surface area contributed by atoms with Gasteiger partial charge < -0.3 is 10.1 Å². The fourth-order valence-corrected chi connectivity index (χ4v) is 2.35. The Balaban J connectivity index is 1.65. The van der Waals surface area contributed by atoms with Crippen LogP contribution in [0.3, 0.4) is 0 Å². The average Bonchev–Trinajstić information content (AvgIpc) is 2.50. The standard InChI is InChI=1S/C15H24N4O2/c1-2-21-12-11-18-7-9-19(10-8-18)13-15(20)17-14-3-5-16-6-4-14/h3-6H,2,7-13H2,1H3,(H,16,17,20). The monoisotopic (exact) mass is 292 g/mol. The number of aromatic nitrogens is 1. The van der Waals surface area contributed by atoms with E-state index in [4.69, 9.17) is 4.74 Å². The summed E-state index contributed by atoms with van der Waals surface area (Å²) in [5.41, 5.74) is 0.797. The maximum absolute atomic E-state index is 12.0. The van der Waals surface area contributed by atoms with Gasteiger partial charge in [-0.3, -0.25) is 19.6 Å². The molecule has 0 radical (unpaired) electrons. The first-order valence-electron chi connectivity index (χ1n) is 7.50. The molecule has 1 fully saturated rings. The predicted octanol–water partition coefficient (Wildman–Crippen LogP) is 0.674. The van der Waals surface area contributed by atoms with Gasteiger partial charge in [0.05, 0.1) is 13.2 Å². The molecule has 2 heterocycles. The van der Waals surface area contributed by atoms with Gasteiger partial charge in [-0.2, -0.15) is 0 Å². The molecule has 1 N–H and O–H groups in total. The van der Waals surface area contributed by atoms with Gasteiger partial charge in [-0.05, 0) is 19.1 Å². The van der Waals surface area contributed by atoms with Crippen LogP contribution >= 0.6 is 0 Å². The summed E-state index contributed by atoms with van der Waals surface area (Å²) in [5.74, 6) is 0.0315. The fraction of sp³-hybridized carbons (Fsp3) is 0.600. The normalized spacial score (nSPS) is 16.8. The minimum absolute atomic E-state index is 0.0315. The lowest BCUT2D eigenvalue weighted by Gasteiger charge is -2.34. The lowest BCUT2D eigenvalue weighted by Crippen LogP contribution is -2.49. The van der Waals surface area contributed by atoms with E-state index >= 15 is 0 Å². The van der Waals surface area contributed by atoms with Gasteiger partial charge >= 0.3 is 0 Å². The van der Waals surface area contributed by atoms with E-state index in [0.717, 1.165) is 51.6 Å². The molecule has 21 heavy (non-hydrogen) atoms. The topological polar surface area (TPSA) is 57.7 Å². The molecule has 2 rings (SSSR count). The predicted molar refractivity (Wildman–Crippen MR) is 82.2 cm³/mol. The van der Waals surface area contributed by atoms with Crippen LogP contribution in [0.2, 0.25) is 0 Å². The maximum Gasteiger partial charge on any atom is 0.238 e. The summed E-state index contributed by atoms with van der Waals surface area (Å²) in [6.45, 7) is 8.84. The van der Waals surface area contributed by atoms with E-state index in [1.54, 1.807) is 24.5 Å². The number of nitrogens with one attached hydrogen (secondary N) is 1. The summed E-state index contributed by atoms with van der Waals surface area (Å²) >= 11 is 0. The third kappa shape index (κ3) is 5.79. The molecule has 0 saturated carbocycles. The number of amides is 1. The van der Waals surface area contributed by atoms with Gasteiger partial charge in [0, 0.05) is 57.4 Å². The molecule has 6 nitrogen and oxygen atoms in total. The van der Waals surface area contributed by atoms with Crippen molar-refractivity contribution in [2.75, 3.05) is 57.8 Å². The highest BCUT2D eigenvalue weighted by Crippen LogP contribution is 2.05. The Hall–Kier alpha value is -1.50. The SMILES string of the molecule is CCOCCN1CCN(CC(=O)Nc2ccncc2)CC1. The molecule has 1 aromatic heterocycles. The lowest BCUT2D eigenvalue weighted by molar-refractivity contribution is -0.117. The third-order valence-corrected chi connectivity index (χ3v) is 3.55. The summed E-state index contributed by atoms with van der Waals surface area (Å²) in [6, 6.07) is 3.59. The van der Waals surface area contributed by atoms with Gasteiger partial charge in [0.15, 0.2) is 0 Å². The van der Waals surface area contributed by atoms with Crippen LogP contribution in [0.4, 0.5) is 5.69 Å². The van der Waals surface area contributed by atoms with Gasteiger partial charge in [0.25, 0.3) is 0 Å². The molecule has 0 spiro atoms. The van der Waals surface area contributed by atoms with Crippen LogP contribution in [0.25, 0.3) is 0 Å². The largest absolute Gasteiger partial charge is 0.380 e. The third-order valence-electron chi connectivity index (χ3n) is 3.55. The molecule has 0 aliphatic carbocycles. The molecule has 116 valence electrons. The molecular formula is C15H24N4O2. The molecule has 0 atom stereocenters. The number of rotatable bonds is 7. The van der Waals surface area contributed by atoms with Gasteiger partial charge in [-0.25, -0.2) is 0 Å². The van der Waals surface area contributed by atoms with Crippen LogP contribution in [-0.2, 0) is 9.53 Å². The van der Waals surface area contributed by atoms with Crippen molar-refractivity contribution in [3.05, 3.63) is 24.5 Å². The number of carbonyl (C=O) groups is 1. The number of nitrogens with zero attached hydrogens (tertiary/aromatic N) is 3. The summed E-state index contributed by atoms with van der Waals surface area (Å²) in [5, 5.41) is 2.89. The Kier molecular flexibility index (Phi) is 6.59. The lowest BCUT2D eigenvalue weighted by atomic mass is 10.3. The van der Waals surface area contributed by atoms with Crippen molar-refractivity contribution in [3.63, 3.8) is 0 Å². The van der Waals surface area contributed by atoms with Crippen LogP contribution in [0.1, 0.15) is 6.92 Å². The molecule has 0 bridgehead atoms. The van der Waals surface area contributed by atoms with E-state index in [1.165, 1.54) is 0 Å². The van der Waals surface area contributed by atoms with Gasteiger partial charge in [0.2, 0.25) is 5.91 Å². The average molecular weight is 292 g/mol. The number of ether oxygens (including phenoxy) is 1. The van der Waals surface area contributed by atoms with Gasteiger partial charge in [-0.1, -0.05) is 0 Å². The molecule has 1 aliphatic heterocycles. The number of pyridine rings is 1. The van der Waals surface area contributed by atoms with Crippen molar-refractivity contribution < 1.29 is 9.53 Å². The second-order valence-electron chi connectivity index (χ2n) is 5.10. The van der Waals surface area contributed by atoms with E-state index < -0.39 is 0 Å². The Labute approximate surface area is 126 Å². The van der Waals surface area contributed by atoms with Crippen molar-refractivity contribution in [2.24, 2.45) is 0 Å². The van der Waals surface area contributed by atoms with Crippen molar-refractivity contribution in [1.82, 2.24) is 14.8 Å². The zero-order valence-electron chi connectivity index (χ0n) is 12.6. The Morgan fingerprint density at radius 1 is 1.24 bits per heavy atom. The highest BCUT2D eigenvalue weighted by molar-refractivity contribution is 5.92. The summed E-state index contributed by atoms with van der Waals surface area (Å²) in [6.07, 6.45) is 3.35. The first kappa shape index (κ1) is 15.9. The summed E-state index contributed by atoms with van der Waals surface area (Å²) < 4.78 is 5.37. The number of hydrogen-bond donors (Lipinski definition) is 1. The van der Waals surface area contributed by atoms with Crippen molar-refractivity contribution in [3.8, 4) is 0 Å². The zero-order chi connectivity index (χ0) is 14.9. The Morgan fingerprint density at radius 2 is 1.90 bits per heavy atom. The highest BCUT2D eigenvalue weighted by atomic mass is 16.5. The Morgan fingerprint density at radius 3 is 2.57 bits per heavy atom. The van der Waals surface area contributed by atoms with E-state index in [9.17, 15) is 4.79 Å². The minimum atomic E-state index is 0.0315. The minimum Gasteiger partial charge on any atom is -0.380 e. The Bertz CT molecular complexity index is 419. The van der Waals surface area contributed by atoms with Crippen LogP contribution < -0.4 is 5.32 Å². The molecule has 1 aliphatic rings. The van der Waals surface area contributed by atoms with Crippen LogP contribution in [-0.4, -0.2) is 73.2 Å². The highest BCUT2D eigenvalue weighted by Gasteiger charge is 2.18. The van der Waals surface area contributed by atoms with Crippen molar-refractivity contribution in [1.29, 1.82) is 0 Å². The maximum atomic E-state index is 12.0. The van der Waals surface area contributed by atoms with Crippen LogP contribution in [0, 0.1) is 0 Å². The first-order valence-corrected chi connectivity index (χ1v) is 7.50. The molecular weight excluding hydrogens is 268 g/mol. The zero-order valence-corrected chi connectivity index (χ0v) is 12.6. The van der Waals surface area contributed by atoms with Crippen LogP contribution in [0.15, 0.2) is 24.5 Å². The van der Waals surface area contributed by atoms with Crippen LogP contribution in [0.5, 0.6) is 0 Å². The quantitative estimate of drug-likeness (QED) is 0.749. The molecule has 6 heteroatoms. The molecule has 0 unspecified atom stereocenters. The van der Waals surface area contributed by atoms with E-state index in [1.807, 2.05) is 6.92 Å². The second-order valence-corrected chi connectivity index (χ2v) is 5.10. The molecule has 0 aromatic carbocycles. The van der Waals surface area contributed by atoms with Gasteiger partial charge in [0.1, 0.15) is 0 Å². The van der Waals surface area contributed by atoms with Gasteiger partial charge in [-0.15, -0.1) is 0 Å². The van der Waals surface area contributed by atoms with Crippen molar-refractivity contribution >= 4 is 11.6 Å². The number of hydrogen-bond acceptors (Lipinski definition) is 5. The van der Waals surface area contributed by atoms with E-state index in [0.29, 0.717) is 6.54 Å². The number of piperazine rings is 1. The molecule has 1 saturated heterocycles. The molecule has 1 amide bonds. The fourth-order valence-electron chi connectivity index (χ4n) is 2.35.